The number of ether oxygens (including phenoxy) is 4. The average molecular weight is 435 g/mol. The van der Waals surface area contributed by atoms with Crippen LogP contribution in [0.4, 0.5) is 0 Å². The van der Waals surface area contributed by atoms with Crippen molar-refractivity contribution in [2.45, 2.75) is 6.42 Å². The third kappa shape index (κ3) is 3.57. The van der Waals surface area contributed by atoms with Gasteiger partial charge in [0.25, 0.3) is 5.88 Å². The first kappa shape index (κ1) is 19.0. The van der Waals surface area contributed by atoms with E-state index in [1.165, 1.54) is 28.4 Å². The summed E-state index contributed by atoms with van der Waals surface area (Å²) in [5.41, 5.74) is 1.71. The van der Waals surface area contributed by atoms with E-state index in [-0.39, 0.29) is 11.8 Å². The van der Waals surface area contributed by atoms with Gasteiger partial charge in [-0.15, -0.1) is 0 Å². The standard InChI is InChI=1S/C19H19BrN2O5/c1-24-15-8-10(17(25-2)22-19(15)27-4)7-13-16(23)12-9-11(20)5-6-14(12)21-18(13)26-3/h5-6,8-9H,7H2,1-4H3,(H,21,23). The maximum atomic E-state index is 13.1. The summed E-state index contributed by atoms with van der Waals surface area (Å²) in [4.78, 5) is 20.6. The second-order valence-corrected chi connectivity index (χ2v) is 6.62. The molecule has 8 heteroatoms. The Morgan fingerprint density at radius 2 is 1.74 bits per heavy atom. The molecule has 0 spiro atoms. The van der Waals surface area contributed by atoms with Crippen molar-refractivity contribution in [1.82, 2.24) is 9.97 Å². The van der Waals surface area contributed by atoms with Gasteiger partial charge in [0, 0.05) is 21.8 Å². The molecule has 3 aromatic rings. The fourth-order valence-electron chi connectivity index (χ4n) is 2.90. The molecule has 0 radical (unpaired) electrons. The molecule has 2 aromatic heterocycles. The van der Waals surface area contributed by atoms with Gasteiger partial charge in [-0.25, -0.2) is 0 Å². The summed E-state index contributed by atoms with van der Waals surface area (Å²) in [5.74, 6) is 1.50. The molecule has 0 fully saturated rings. The van der Waals surface area contributed by atoms with Crippen LogP contribution in [0.2, 0.25) is 0 Å². The van der Waals surface area contributed by atoms with Gasteiger partial charge in [0.2, 0.25) is 5.88 Å². The summed E-state index contributed by atoms with van der Waals surface area (Å²) in [5, 5.41) is 0.563. The minimum Gasteiger partial charge on any atom is -0.491 e. The summed E-state index contributed by atoms with van der Waals surface area (Å²) in [7, 11) is 6.05. The third-order valence-electron chi connectivity index (χ3n) is 4.19. The number of hydrogen-bond acceptors (Lipinski definition) is 6. The number of nitrogens with zero attached hydrogens (tertiary/aromatic N) is 1. The average Bonchev–Trinajstić information content (AvgIpc) is 2.69. The summed E-state index contributed by atoms with van der Waals surface area (Å²) >= 11 is 3.41. The van der Waals surface area contributed by atoms with Gasteiger partial charge in [0.05, 0.1) is 39.5 Å². The second-order valence-electron chi connectivity index (χ2n) is 5.70. The number of H-pyrrole nitrogens is 1. The first-order valence-electron chi connectivity index (χ1n) is 8.06. The number of methoxy groups -OCH3 is 4. The van der Waals surface area contributed by atoms with E-state index in [1.807, 2.05) is 12.1 Å². The van der Waals surface area contributed by atoms with Gasteiger partial charge in [0.1, 0.15) is 0 Å². The van der Waals surface area contributed by atoms with Crippen LogP contribution in [0.1, 0.15) is 11.1 Å². The maximum Gasteiger partial charge on any atom is 0.260 e. The topological polar surface area (TPSA) is 82.7 Å². The van der Waals surface area contributed by atoms with E-state index in [4.69, 9.17) is 18.9 Å². The lowest BCUT2D eigenvalue weighted by molar-refractivity contribution is 0.327. The Morgan fingerprint density at radius 3 is 2.37 bits per heavy atom. The molecular weight excluding hydrogens is 416 g/mol. The summed E-state index contributed by atoms with van der Waals surface area (Å²) in [6, 6.07) is 7.21. The van der Waals surface area contributed by atoms with Crippen LogP contribution >= 0.6 is 15.9 Å². The molecule has 0 aliphatic heterocycles. The van der Waals surface area contributed by atoms with Gasteiger partial charge in [0.15, 0.2) is 17.1 Å². The van der Waals surface area contributed by atoms with Crippen LogP contribution in [0, 0.1) is 0 Å². The quantitative estimate of drug-likeness (QED) is 0.640. The Bertz CT molecular complexity index is 1050. The lowest BCUT2D eigenvalue weighted by atomic mass is 10.0. The number of benzene rings is 1. The molecule has 0 bridgehead atoms. The van der Waals surface area contributed by atoms with Crippen molar-refractivity contribution in [3.05, 3.63) is 50.1 Å². The van der Waals surface area contributed by atoms with Crippen LogP contribution in [-0.2, 0) is 6.42 Å². The Morgan fingerprint density at radius 1 is 1.00 bits per heavy atom. The van der Waals surface area contributed by atoms with E-state index in [1.54, 1.807) is 12.1 Å². The third-order valence-corrected chi connectivity index (χ3v) is 4.69. The second kappa shape index (κ2) is 7.87. The zero-order chi connectivity index (χ0) is 19.6. The van der Waals surface area contributed by atoms with Crippen LogP contribution in [0.5, 0.6) is 23.4 Å². The van der Waals surface area contributed by atoms with E-state index in [0.29, 0.717) is 45.4 Å². The molecular formula is C19H19BrN2O5. The molecule has 0 atom stereocenters. The van der Waals surface area contributed by atoms with Crippen LogP contribution in [0.15, 0.2) is 33.5 Å². The molecule has 1 N–H and O–H groups in total. The fraction of sp³-hybridized carbons (Fsp3) is 0.263. The molecule has 1 aromatic carbocycles. The number of hydrogen-bond donors (Lipinski definition) is 1. The zero-order valence-electron chi connectivity index (χ0n) is 15.4. The number of fused-ring (bicyclic) bond motifs is 1. The molecule has 2 heterocycles. The number of aromatic nitrogens is 2. The zero-order valence-corrected chi connectivity index (χ0v) is 17.0. The predicted molar refractivity (Wildman–Crippen MR) is 106 cm³/mol. The van der Waals surface area contributed by atoms with E-state index in [9.17, 15) is 4.79 Å². The van der Waals surface area contributed by atoms with E-state index in [2.05, 4.69) is 25.9 Å². The Balaban J connectivity index is 2.19. The molecule has 0 amide bonds. The monoisotopic (exact) mass is 434 g/mol. The van der Waals surface area contributed by atoms with Gasteiger partial charge >= 0.3 is 0 Å². The van der Waals surface area contributed by atoms with Gasteiger partial charge in [-0.1, -0.05) is 15.9 Å². The highest BCUT2D eigenvalue weighted by Crippen LogP contribution is 2.33. The highest BCUT2D eigenvalue weighted by atomic mass is 79.9. The molecule has 142 valence electrons. The first-order valence-corrected chi connectivity index (χ1v) is 8.86. The van der Waals surface area contributed by atoms with Crippen molar-refractivity contribution in [3.63, 3.8) is 0 Å². The van der Waals surface area contributed by atoms with E-state index >= 15 is 0 Å². The van der Waals surface area contributed by atoms with Crippen LogP contribution in [0.3, 0.4) is 0 Å². The molecule has 27 heavy (non-hydrogen) atoms. The smallest absolute Gasteiger partial charge is 0.260 e. The van der Waals surface area contributed by atoms with Crippen LogP contribution in [-0.4, -0.2) is 38.4 Å². The van der Waals surface area contributed by atoms with Crippen molar-refractivity contribution < 1.29 is 18.9 Å². The normalized spacial score (nSPS) is 10.7. The predicted octanol–water partition coefficient (Wildman–Crippen LogP) is 3.31. The van der Waals surface area contributed by atoms with Crippen molar-refractivity contribution in [2.24, 2.45) is 0 Å². The number of nitrogens with one attached hydrogen (secondary N) is 1. The van der Waals surface area contributed by atoms with Crippen LogP contribution < -0.4 is 24.4 Å². The Hall–Kier alpha value is -2.74. The number of rotatable bonds is 6. The van der Waals surface area contributed by atoms with Gasteiger partial charge < -0.3 is 23.9 Å². The highest BCUT2D eigenvalue weighted by Gasteiger charge is 2.19. The summed E-state index contributed by atoms with van der Waals surface area (Å²) in [6.45, 7) is 0. The van der Waals surface area contributed by atoms with Crippen molar-refractivity contribution >= 4 is 26.8 Å². The highest BCUT2D eigenvalue weighted by molar-refractivity contribution is 9.10. The molecule has 0 saturated carbocycles. The molecule has 3 rings (SSSR count). The largest absolute Gasteiger partial charge is 0.491 e. The number of halogens is 1. The van der Waals surface area contributed by atoms with Gasteiger partial charge in [-0.05, 0) is 24.3 Å². The maximum absolute atomic E-state index is 13.1. The number of pyridine rings is 2. The Labute approximate surface area is 164 Å². The molecule has 0 aliphatic carbocycles. The molecule has 0 aliphatic rings. The lowest BCUT2D eigenvalue weighted by Crippen LogP contribution is -2.14. The van der Waals surface area contributed by atoms with Gasteiger partial charge in [-0.3, -0.25) is 4.79 Å². The fourth-order valence-corrected chi connectivity index (χ4v) is 3.26. The summed E-state index contributed by atoms with van der Waals surface area (Å²) < 4.78 is 22.2. The van der Waals surface area contributed by atoms with Crippen molar-refractivity contribution in [1.29, 1.82) is 0 Å². The SMILES string of the molecule is COc1cc(Cc2c(OC)[nH]c3ccc(Br)cc3c2=O)c(OC)nc1OC. The lowest BCUT2D eigenvalue weighted by Gasteiger charge is -2.14. The first-order chi connectivity index (χ1) is 13.0. The molecule has 0 saturated heterocycles. The number of aromatic amines is 1. The minimum absolute atomic E-state index is 0.126. The Kier molecular flexibility index (Phi) is 5.55. The van der Waals surface area contributed by atoms with Crippen molar-refractivity contribution in [2.75, 3.05) is 28.4 Å². The van der Waals surface area contributed by atoms with Gasteiger partial charge in [-0.2, -0.15) is 4.98 Å². The summed E-state index contributed by atoms with van der Waals surface area (Å²) in [6.07, 6.45) is 0.248. The van der Waals surface area contributed by atoms with Crippen molar-refractivity contribution in [3.8, 4) is 23.4 Å². The molecule has 0 unspecified atom stereocenters. The molecule has 7 nitrogen and oxygen atoms in total. The minimum atomic E-state index is -0.126. The van der Waals surface area contributed by atoms with E-state index < -0.39 is 0 Å². The van der Waals surface area contributed by atoms with Crippen LogP contribution in [0.25, 0.3) is 10.9 Å². The van der Waals surface area contributed by atoms with E-state index in [0.717, 1.165) is 4.47 Å².